The van der Waals surface area contributed by atoms with Crippen LogP contribution in [0.4, 0.5) is 0 Å². The van der Waals surface area contributed by atoms with Gasteiger partial charge in [-0.15, -0.1) is 12.4 Å². The van der Waals surface area contributed by atoms with E-state index in [1.165, 1.54) is 27.8 Å². The maximum absolute atomic E-state index is 6.39. The van der Waals surface area contributed by atoms with Crippen molar-refractivity contribution in [3.63, 3.8) is 0 Å². The second-order valence-corrected chi connectivity index (χ2v) is 10.1. The molecule has 1 aliphatic rings. The second-order valence-electron chi connectivity index (χ2n) is 10.1. The highest BCUT2D eigenvalue weighted by atomic mass is 35.5. The quantitative estimate of drug-likeness (QED) is 0.201. The summed E-state index contributed by atoms with van der Waals surface area (Å²) in [6, 6.07) is 44.7. The van der Waals surface area contributed by atoms with Crippen LogP contribution in [0, 0.1) is 0 Å². The van der Waals surface area contributed by atoms with Gasteiger partial charge in [0.1, 0.15) is 13.2 Å². The van der Waals surface area contributed by atoms with E-state index in [0.29, 0.717) is 13.2 Å². The van der Waals surface area contributed by atoms with Crippen LogP contribution in [0.15, 0.2) is 127 Å². The molecule has 202 valence electrons. The maximum Gasteiger partial charge on any atom is 0.162 e. The Labute approximate surface area is 243 Å². The van der Waals surface area contributed by atoms with Gasteiger partial charge in [0.2, 0.25) is 0 Å². The number of ether oxygens (including phenoxy) is 2. The molecule has 3 nitrogen and oxygen atoms in total. The van der Waals surface area contributed by atoms with Gasteiger partial charge in [-0.2, -0.15) is 0 Å². The van der Waals surface area contributed by atoms with Gasteiger partial charge < -0.3 is 14.8 Å². The normalized spacial score (nSPS) is 14.1. The molecule has 0 aromatic heterocycles. The van der Waals surface area contributed by atoms with E-state index in [1.54, 1.807) is 0 Å². The van der Waals surface area contributed by atoms with Crippen LogP contribution >= 0.6 is 12.4 Å². The molecule has 6 rings (SSSR count). The maximum atomic E-state index is 6.39. The van der Waals surface area contributed by atoms with Crippen LogP contribution in [-0.4, -0.2) is 6.54 Å². The third kappa shape index (κ3) is 6.74. The first-order chi connectivity index (χ1) is 19.3. The van der Waals surface area contributed by atoms with Gasteiger partial charge in [0, 0.05) is 6.04 Å². The Bertz CT molecular complexity index is 1490. The van der Waals surface area contributed by atoms with Crippen LogP contribution in [0.3, 0.4) is 0 Å². The summed E-state index contributed by atoms with van der Waals surface area (Å²) in [4.78, 5) is 0. The van der Waals surface area contributed by atoms with Crippen molar-refractivity contribution in [3.05, 3.63) is 155 Å². The highest BCUT2D eigenvalue weighted by Crippen LogP contribution is 2.37. The van der Waals surface area contributed by atoms with Crippen molar-refractivity contribution < 1.29 is 9.47 Å². The van der Waals surface area contributed by atoms with Crippen molar-refractivity contribution >= 4 is 12.4 Å². The van der Waals surface area contributed by atoms with Gasteiger partial charge in [-0.05, 0) is 70.5 Å². The minimum absolute atomic E-state index is 0. The molecule has 5 aromatic carbocycles. The molecule has 0 saturated heterocycles. The molecule has 5 aromatic rings. The Hall–Kier alpha value is -4.05. The zero-order chi connectivity index (χ0) is 26.3. The molecule has 0 amide bonds. The van der Waals surface area contributed by atoms with Gasteiger partial charge in [0.15, 0.2) is 11.5 Å². The highest BCUT2D eigenvalue weighted by Gasteiger charge is 2.23. The zero-order valence-corrected chi connectivity index (χ0v) is 23.3. The van der Waals surface area contributed by atoms with E-state index in [1.807, 2.05) is 36.4 Å². The fourth-order valence-corrected chi connectivity index (χ4v) is 5.23. The van der Waals surface area contributed by atoms with Gasteiger partial charge >= 0.3 is 0 Å². The van der Waals surface area contributed by atoms with Crippen LogP contribution in [-0.2, 0) is 26.1 Å². The van der Waals surface area contributed by atoms with Crippen LogP contribution in [0.5, 0.6) is 11.5 Å². The number of hydrogen-bond donors (Lipinski definition) is 1. The van der Waals surface area contributed by atoms with Crippen LogP contribution in [0.1, 0.15) is 33.9 Å². The molecular formula is C36H34ClNO2. The summed E-state index contributed by atoms with van der Waals surface area (Å²) < 4.78 is 12.7. The van der Waals surface area contributed by atoms with E-state index in [4.69, 9.17) is 9.47 Å². The fraction of sp³-hybridized carbons (Fsp3) is 0.167. The molecule has 1 atom stereocenters. The van der Waals surface area contributed by atoms with Crippen molar-refractivity contribution in [1.82, 2.24) is 5.32 Å². The molecule has 0 radical (unpaired) electrons. The Kier molecular flexibility index (Phi) is 9.18. The predicted molar refractivity (Wildman–Crippen MR) is 165 cm³/mol. The lowest BCUT2D eigenvalue weighted by molar-refractivity contribution is 0.254. The molecule has 0 spiro atoms. The van der Waals surface area contributed by atoms with E-state index in [9.17, 15) is 0 Å². The molecule has 0 bridgehead atoms. The highest BCUT2D eigenvalue weighted by molar-refractivity contribution is 5.85. The summed E-state index contributed by atoms with van der Waals surface area (Å²) in [5.74, 6) is 1.60. The summed E-state index contributed by atoms with van der Waals surface area (Å²) >= 11 is 0. The predicted octanol–water partition coefficient (Wildman–Crippen LogP) is 8.36. The van der Waals surface area contributed by atoms with E-state index >= 15 is 0 Å². The summed E-state index contributed by atoms with van der Waals surface area (Å²) in [5, 5.41) is 3.75. The van der Waals surface area contributed by atoms with Crippen molar-refractivity contribution in [1.29, 1.82) is 0 Å². The molecule has 1 aliphatic heterocycles. The third-order valence-electron chi connectivity index (χ3n) is 7.34. The average Bonchev–Trinajstić information content (AvgIpc) is 3.01. The van der Waals surface area contributed by atoms with Gasteiger partial charge in [-0.1, -0.05) is 115 Å². The van der Waals surface area contributed by atoms with Crippen molar-refractivity contribution in [2.75, 3.05) is 6.54 Å². The van der Waals surface area contributed by atoms with Crippen molar-refractivity contribution in [3.8, 4) is 22.6 Å². The van der Waals surface area contributed by atoms with Gasteiger partial charge in [-0.25, -0.2) is 0 Å². The van der Waals surface area contributed by atoms with Crippen LogP contribution < -0.4 is 14.8 Å². The van der Waals surface area contributed by atoms with E-state index in [0.717, 1.165) is 42.0 Å². The first kappa shape index (κ1) is 27.5. The third-order valence-corrected chi connectivity index (χ3v) is 7.34. The summed E-state index contributed by atoms with van der Waals surface area (Å²) in [5.41, 5.74) is 8.70. The molecule has 0 aliphatic carbocycles. The molecule has 1 heterocycles. The number of halogens is 1. The average molecular weight is 548 g/mol. The molecule has 1 N–H and O–H groups in total. The largest absolute Gasteiger partial charge is 0.485 e. The molecule has 0 fully saturated rings. The number of rotatable bonds is 9. The minimum Gasteiger partial charge on any atom is -0.485 e. The minimum atomic E-state index is 0. The summed E-state index contributed by atoms with van der Waals surface area (Å²) in [6.45, 7) is 1.96. The van der Waals surface area contributed by atoms with Crippen LogP contribution in [0.25, 0.3) is 11.1 Å². The fourth-order valence-electron chi connectivity index (χ4n) is 5.23. The lowest BCUT2D eigenvalue weighted by atomic mass is 9.89. The van der Waals surface area contributed by atoms with Crippen LogP contribution in [0.2, 0.25) is 0 Å². The smallest absolute Gasteiger partial charge is 0.162 e. The molecule has 1 unspecified atom stereocenters. The zero-order valence-electron chi connectivity index (χ0n) is 22.5. The summed E-state index contributed by atoms with van der Waals surface area (Å²) in [7, 11) is 0. The number of nitrogens with one attached hydrogen (secondary N) is 1. The van der Waals surface area contributed by atoms with Crippen molar-refractivity contribution in [2.24, 2.45) is 0 Å². The molecule has 4 heteroatoms. The van der Waals surface area contributed by atoms with E-state index < -0.39 is 0 Å². The van der Waals surface area contributed by atoms with Crippen molar-refractivity contribution in [2.45, 2.75) is 32.1 Å². The Morgan fingerprint density at radius 1 is 0.575 bits per heavy atom. The SMILES string of the molecule is Cl.c1ccc(COc2cc3c(cc2OCc2ccccc2)C(Cc2ccc(-c4ccccc4)cc2)NCC3)cc1. The number of benzene rings is 5. The number of hydrogen-bond acceptors (Lipinski definition) is 3. The molecule has 40 heavy (non-hydrogen) atoms. The topological polar surface area (TPSA) is 30.5 Å². The Balaban J connectivity index is 0.00000323. The van der Waals surface area contributed by atoms with Gasteiger partial charge in [-0.3, -0.25) is 0 Å². The lowest BCUT2D eigenvalue weighted by Crippen LogP contribution is -2.31. The van der Waals surface area contributed by atoms with Gasteiger partial charge in [0.25, 0.3) is 0 Å². The van der Waals surface area contributed by atoms with E-state index in [2.05, 4.69) is 96.3 Å². The Morgan fingerprint density at radius 3 is 1.70 bits per heavy atom. The second kappa shape index (κ2) is 13.3. The first-order valence-corrected chi connectivity index (χ1v) is 13.7. The standard InChI is InChI=1S/C36H33NO2.ClH/c1-4-10-28(11-5-1)25-38-35-23-32-20-21-37-34(33(32)24-36(35)39-26-29-12-6-2-7-13-29)22-27-16-18-31(19-17-27)30-14-8-3-9-15-30;/h1-19,23-24,34,37H,20-22,25-26H2;1H. The Morgan fingerprint density at radius 2 is 1.10 bits per heavy atom. The first-order valence-electron chi connectivity index (χ1n) is 13.7. The molecular weight excluding hydrogens is 514 g/mol. The van der Waals surface area contributed by atoms with E-state index in [-0.39, 0.29) is 18.4 Å². The lowest BCUT2D eigenvalue weighted by Gasteiger charge is -2.29. The molecule has 0 saturated carbocycles. The van der Waals surface area contributed by atoms with Gasteiger partial charge in [0.05, 0.1) is 0 Å². The summed E-state index contributed by atoms with van der Waals surface area (Å²) in [6.07, 6.45) is 1.89. The number of fused-ring (bicyclic) bond motifs is 1. The monoisotopic (exact) mass is 547 g/mol.